The minimum absolute atomic E-state index is 0.364. The summed E-state index contributed by atoms with van der Waals surface area (Å²) >= 11 is 0. The molecule has 3 aromatic rings. The molecule has 7 rings (SSSR count). The Hall–Kier alpha value is -2.53. The number of hydrogen-bond acceptors (Lipinski definition) is 4. The van der Waals surface area contributed by atoms with E-state index in [0.29, 0.717) is 22.7 Å². The van der Waals surface area contributed by atoms with Crippen LogP contribution in [0.2, 0.25) is 0 Å². The van der Waals surface area contributed by atoms with E-state index in [1.165, 1.54) is 49.7 Å². The summed E-state index contributed by atoms with van der Waals surface area (Å²) in [6.45, 7) is 7.76. The van der Waals surface area contributed by atoms with Crippen LogP contribution in [0.25, 0.3) is 11.1 Å². The first-order valence-electron chi connectivity index (χ1n) is 16.4. The van der Waals surface area contributed by atoms with Gasteiger partial charge in [0, 0.05) is 6.42 Å². The molecule has 4 aliphatic carbocycles. The Morgan fingerprint density at radius 1 is 0.854 bits per heavy atom. The highest BCUT2D eigenvalue weighted by atomic mass is 16.3. The largest absolute Gasteiger partial charge is 0.385 e. The van der Waals surface area contributed by atoms with Crippen molar-refractivity contribution in [2.75, 3.05) is 0 Å². The maximum Gasteiger partial charge on any atom is 0.174 e. The van der Waals surface area contributed by atoms with Crippen LogP contribution in [0, 0.1) is 46.3 Å². The average Bonchev–Trinajstić information content (AvgIpc) is 3.64. The number of fused-ring (bicyclic) bond motifs is 5. The summed E-state index contributed by atoms with van der Waals surface area (Å²) < 4.78 is 0. The third-order valence-corrected chi connectivity index (χ3v) is 13.2. The van der Waals surface area contributed by atoms with Crippen molar-refractivity contribution < 1.29 is 5.11 Å². The molecular weight excluding hydrogens is 504 g/mol. The predicted octanol–water partition coefficient (Wildman–Crippen LogP) is 7.98. The van der Waals surface area contributed by atoms with Crippen LogP contribution >= 0.6 is 0 Å². The van der Waals surface area contributed by atoms with Crippen LogP contribution in [0.15, 0.2) is 54.6 Å². The first kappa shape index (κ1) is 27.3. The van der Waals surface area contributed by atoms with Crippen molar-refractivity contribution in [2.45, 2.75) is 97.0 Å². The van der Waals surface area contributed by atoms with Crippen LogP contribution in [0.3, 0.4) is 0 Å². The van der Waals surface area contributed by atoms with Crippen LogP contribution < -0.4 is 0 Å². The normalized spacial score (nSPS) is 39.0. The molecule has 0 aliphatic heterocycles. The fourth-order valence-corrected chi connectivity index (χ4v) is 10.9. The molecule has 4 fully saturated rings. The number of aromatic amines is 1. The van der Waals surface area contributed by atoms with Gasteiger partial charge in [0.15, 0.2) is 5.82 Å². The second-order valence-electron chi connectivity index (χ2n) is 14.9. The smallest absolute Gasteiger partial charge is 0.174 e. The minimum Gasteiger partial charge on any atom is -0.385 e. The van der Waals surface area contributed by atoms with Crippen molar-refractivity contribution in [1.82, 2.24) is 20.6 Å². The Balaban J connectivity index is 1.04. The Morgan fingerprint density at radius 2 is 1.61 bits per heavy atom. The maximum atomic E-state index is 12.0. The first-order valence-corrected chi connectivity index (χ1v) is 16.4. The predicted molar refractivity (Wildman–Crippen MR) is 163 cm³/mol. The molecule has 2 aromatic carbocycles. The zero-order chi connectivity index (χ0) is 28.2. The lowest BCUT2D eigenvalue weighted by atomic mass is 9.43. The fourth-order valence-electron chi connectivity index (χ4n) is 10.9. The molecule has 2 N–H and O–H groups in total. The third kappa shape index (κ3) is 4.58. The van der Waals surface area contributed by atoms with E-state index >= 15 is 0 Å². The quantitative estimate of drug-likeness (QED) is 0.325. The summed E-state index contributed by atoms with van der Waals surface area (Å²) in [6, 6.07) is 19.4. The van der Waals surface area contributed by atoms with E-state index in [-0.39, 0.29) is 0 Å². The standard InChI is InChI=1S/C36H48N4O/c1-24(9-18-33-37-39-40-38-33)30-16-17-31-29-15-14-28-23-36(41,22-21-34(28,2)32(29)19-20-35(30,31)3)27-12-10-26(11-13-27)25-7-5-4-6-8-25/h4-8,10-13,24,28-32,41H,9,14-23H2,1-3H3,(H,37,38,39,40)/t24-,28?,29?,30?,31?,32?,34?,35?,36?/m1/s1. The van der Waals surface area contributed by atoms with Gasteiger partial charge < -0.3 is 5.11 Å². The van der Waals surface area contributed by atoms with Gasteiger partial charge in [-0.1, -0.05) is 80.6 Å². The molecule has 0 amide bonds. The van der Waals surface area contributed by atoms with Gasteiger partial charge in [-0.2, -0.15) is 5.21 Å². The van der Waals surface area contributed by atoms with Crippen LogP contribution in [-0.4, -0.2) is 25.7 Å². The van der Waals surface area contributed by atoms with Crippen molar-refractivity contribution in [3.05, 3.63) is 66.0 Å². The fraction of sp³-hybridized carbons (Fsp3) is 0.639. The van der Waals surface area contributed by atoms with Gasteiger partial charge in [-0.15, -0.1) is 10.2 Å². The Labute approximate surface area is 245 Å². The molecule has 8 unspecified atom stereocenters. The highest BCUT2D eigenvalue weighted by Gasteiger charge is 2.61. The van der Waals surface area contributed by atoms with Gasteiger partial charge in [0.2, 0.25) is 0 Å². The van der Waals surface area contributed by atoms with E-state index < -0.39 is 5.60 Å². The molecule has 0 saturated heterocycles. The van der Waals surface area contributed by atoms with E-state index in [1.807, 2.05) is 0 Å². The highest BCUT2D eigenvalue weighted by molar-refractivity contribution is 5.63. The van der Waals surface area contributed by atoms with Gasteiger partial charge in [-0.3, -0.25) is 0 Å². The number of aromatic nitrogens is 4. The molecule has 4 saturated carbocycles. The number of benzene rings is 2. The van der Waals surface area contributed by atoms with Gasteiger partial charge in [0.25, 0.3) is 0 Å². The van der Waals surface area contributed by atoms with Gasteiger partial charge in [0.05, 0.1) is 5.60 Å². The molecule has 5 heteroatoms. The van der Waals surface area contributed by atoms with Gasteiger partial charge in [-0.25, -0.2) is 0 Å². The van der Waals surface area contributed by atoms with Crippen LogP contribution in [0.4, 0.5) is 0 Å². The van der Waals surface area contributed by atoms with Crippen molar-refractivity contribution >= 4 is 0 Å². The summed E-state index contributed by atoms with van der Waals surface area (Å²) in [6.07, 6.45) is 13.3. The summed E-state index contributed by atoms with van der Waals surface area (Å²) in [5.74, 6) is 5.52. The van der Waals surface area contributed by atoms with E-state index in [0.717, 1.165) is 67.2 Å². The summed E-state index contributed by atoms with van der Waals surface area (Å²) in [7, 11) is 0. The molecule has 1 aromatic heterocycles. The van der Waals surface area contributed by atoms with Crippen molar-refractivity contribution in [3.8, 4) is 11.1 Å². The highest BCUT2D eigenvalue weighted by Crippen LogP contribution is 2.69. The monoisotopic (exact) mass is 552 g/mol. The molecule has 1 heterocycles. The van der Waals surface area contributed by atoms with Crippen LogP contribution in [0.5, 0.6) is 0 Å². The van der Waals surface area contributed by atoms with E-state index in [4.69, 9.17) is 0 Å². The molecule has 0 spiro atoms. The number of aliphatic hydroxyl groups is 1. The average molecular weight is 553 g/mol. The first-order chi connectivity index (χ1) is 19.8. The second-order valence-corrected chi connectivity index (χ2v) is 14.9. The zero-order valence-electron chi connectivity index (χ0n) is 25.2. The van der Waals surface area contributed by atoms with Crippen LogP contribution in [-0.2, 0) is 12.0 Å². The van der Waals surface area contributed by atoms with Crippen molar-refractivity contribution in [1.29, 1.82) is 0 Å². The number of nitrogens with zero attached hydrogens (tertiary/aromatic N) is 3. The zero-order valence-corrected chi connectivity index (χ0v) is 25.2. The van der Waals surface area contributed by atoms with E-state index in [2.05, 4.69) is 96.0 Å². The maximum absolute atomic E-state index is 12.0. The minimum atomic E-state index is -0.692. The molecule has 9 atom stereocenters. The summed E-state index contributed by atoms with van der Waals surface area (Å²) in [5, 5.41) is 26.8. The summed E-state index contributed by atoms with van der Waals surface area (Å²) in [5.41, 5.74) is 3.72. The number of H-pyrrole nitrogens is 1. The molecule has 5 nitrogen and oxygen atoms in total. The number of aryl methyl sites for hydroxylation is 1. The van der Waals surface area contributed by atoms with E-state index in [1.54, 1.807) is 0 Å². The van der Waals surface area contributed by atoms with E-state index in [9.17, 15) is 5.11 Å². The third-order valence-electron chi connectivity index (χ3n) is 13.2. The second kappa shape index (κ2) is 10.3. The van der Waals surface area contributed by atoms with Gasteiger partial charge >= 0.3 is 0 Å². The Kier molecular flexibility index (Phi) is 6.88. The lowest BCUT2D eigenvalue weighted by Crippen LogP contribution is -2.55. The molecule has 41 heavy (non-hydrogen) atoms. The molecule has 0 radical (unpaired) electrons. The van der Waals surface area contributed by atoms with Crippen LogP contribution in [0.1, 0.15) is 96.4 Å². The molecule has 0 bridgehead atoms. The molecule has 218 valence electrons. The number of nitrogens with one attached hydrogen (secondary N) is 1. The number of rotatable bonds is 6. The lowest BCUT2D eigenvalue weighted by molar-refractivity contribution is -0.154. The number of hydrogen-bond donors (Lipinski definition) is 2. The molecular formula is C36H48N4O. The van der Waals surface area contributed by atoms with Gasteiger partial charge in [-0.05, 0) is 127 Å². The van der Waals surface area contributed by atoms with Gasteiger partial charge in [0.1, 0.15) is 0 Å². The van der Waals surface area contributed by atoms with Crippen molar-refractivity contribution in [2.24, 2.45) is 46.3 Å². The van der Waals surface area contributed by atoms with Crippen molar-refractivity contribution in [3.63, 3.8) is 0 Å². The lowest BCUT2D eigenvalue weighted by Gasteiger charge is -2.62. The number of tetrazole rings is 1. The summed E-state index contributed by atoms with van der Waals surface area (Å²) in [4.78, 5) is 0. The molecule has 4 aliphatic rings. The Morgan fingerprint density at radius 3 is 2.37 bits per heavy atom. The Bertz CT molecular complexity index is 1330. The SMILES string of the molecule is C[C@H](CCc1nn[nH]n1)C1CCC2C3CCC4CC(O)(c5ccc(-c6ccccc6)cc5)CCC4(C)C3CCC21C. The topological polar surface area (TPSA) is 74.7 Å².